The van der Waals surface area contributed by atoms with Gasteiger partial charge in [0.25, 0.3) is 11.5 Å². The van der Waals surface area contributed by atoms with Crippen LogP contribution in [0.2, 0.25) is 5.02 Å². The summed E-state index contributed by atoms with van der Waals surface area (Å²) in [6, 6.07) is 9.28. The fourth-order valence-electron chi connectivity index (χ4n) is 3.37. The molecule has 0 unspecified atom stereocenters. The number of hydrogen-bond donors (Lipinski definition) is 1. The number of nitrogens with zero attached hydrogens (tertiary/aromatic N) is 7. The number of aromatic nitrogens is 8. The standard InChI is InChI=1S/C19H15ClN8O/c1-3-13-15(11-5-4-6-12(20)9-11)17-24-23-16-14(28(17)26-13)7-8-27(18(16)29)19-21-10(2)22-25-19/h4-9H,3H2,1-2H3,(H,21,22,25). The van der Waals surface area contributed by atoms with Crippen molar-refractivity contribution >= 4 is 28.3 Å². The van der Waals surface area contributed by atoms with Gasteiger partial charge in [0.15, 0.2) is 11.2 Å². The molecule has 10 heteroatoms. The zero-order valence-electron chi connectivity index (χ0n) is 15.6. The van der Waals surface area contributed by atoms with E-state index in [1.807, 2.05) is 31.2 Å². The Kier molecular flexibility index (Phi) is 3.92. The summed E-state index contributed by atoms with van der Waals surface area (Å²) in [6.45, 7) is 3.78. The van der Waals surface area contributed by atoms with Crippen LogP contribution in [-0.4, -0.2) is 39.6 Å². The molecular formula is C19H15ClN8O. The van der Waals surface area contributed by atoms with Gasteiger partial charge < -0.3 is 0 Å². The minimum absolute atomic E-state index is 0.185. The lowest BCUT2D eigenvalue weighted by molar-refractivity contribution is 0.867. The number of fused-ring (bicyclic) bond motifs is 3. The molecular weight excluding hydrogens is 392 g/mol. The number of aromatic amines is 1. The van der Waals surface area contributed by atoms with Crippen LogP contribution >= 0.6 is 11.6 Å². The van der Waals surface area contributed by atoms with Crippen molar-refractivity contribution in [3.05, 3.63) is 63.4 Å². The Morgan fingerprint density at radius 3 is 2.79 bits per heavy atom. The molecule has 144 valence electrons. The van der Waals surface area contributed by atoms with E-state index in [4.69, 9.17) is 16.7 Å². The van der Waals surface area contributed by atoms with Crippen molar-refractivity contribution in [3.8, 4) is 17.1 Å². The molecule has 1 aromatic carbocycles. The highest BCUT2D eigenvalue weighted by Crippen LogP contribution is 2.30. The molecule has 0 aliphatic rings. The van der Waals surface area contributed by atoms with Crippen molar-refractivity contribution in [3.63, 3.8) is 0 Å². The van der Waals surface area contributed by atoms with E-state index in [9.17, 15) is 4.79 Å². The Morgan fingerprint density at radius 2 is 2.07 bits per heavy atom. The summed E-state index contributed by atoms with van der Waals surface area (Å²) in [7, 11) is 0. The molecule has 5 aromatic rings. The largest absolute Gasteiger partial charge is 0.287 e. The zero-order valence-corrected chi connectivity index (χ0v) is 16.3. The van der Waals surface area contributed by atoms with Crippen molar-refractivity contribution in [2.75, 3.05) is 0 Å². The molecule has 0 amide bonds. The predicted molar refractivity (Wildman–Crippen MR) is 108 cm³/mol. The first-order chi connectivity index (χ1) is 14.1. The lowest BCUT2D eigenvalue weighted by atomic mass is 10.0. The van der Waals surface area contributed by atoms with Gasteiger partial charge in [-0.15, -0.1) is 15.3 Å². The molecule has 1 N–H and O–H groups in total. The number of rotatable bonds is 3. The van der Waals surface area contributed by atoms with Gasteiger partial charge in [-0.1, -0.05) is 30.7 Å². The molecule has 0 bridgehead atoms. The monoisotopic (exact) mass is 406 g/mol. The third-order valence-corrected chi connectivity index (χ3v) is 4.94. The van der Waals surface area contributed by atoms with Gasteiger partial charge in [0, 0.05) is 11.2 Å². The number of pyridine rings is 1. The van der Waals surface area contributed by atoms with E-state index in [1.54, 1.807) is 23.7 Å². The summed E-state index contributed by atoms with van der Waals surface area (Å²) >= 11 is 6.18. The molecule has 9 nitrogen and oxygen atoms in total. The van der Waals surface area contributed by atoms with Crippen LogP contribution in [0.25, 0.3) is 33.8 Å². The summed E-state index contributed by atoms with van der Waals surface area (Å²) in [5.41, 5.74) is 3.57. The number of H-pyrrole nitrogens is 1. The third kappa shape index (κ3) is 2.70. The molecule has 4 heterocycles. The average molecular weight is 407 g/mol. The lowest BCUT2D eigenvalue weighted by Crippen LogP contribution is -2.21. The second kappa shape index (κ2) is 6.49. The van der Waals surface area contributed by atoms with E-state index >= 15 is 0 Å². The van der Waals surface area contributed by atoms with E-state index in [1.165, 1.54) is 4.57 Å². The van der Waals surface area contributed by atoms with Crippen LogP contribution in [0.1, 0.15) is 18.4 Å². The summed E-state index contributed by atoms with van der Waals surface area (Å²) in [5, 5.41) is 20.6. The maximum atomic E-state index is 13.0. The van der Waals surface area contributed by atoms with Gasteiger partial charge in [0.1, 0.15) is 11.3 Å². The molecule has 0 aliphatic heterocycles. The molecule has 0 saturated carbocycles. The van der Waals surface area contributed by atoms with Crippen molar-refractivity contribution < 1.29 is 0 Å². The average Bonchev–Trinajstić information content (AvgIpc) is 3.31. The van der Waals surface area contributed by atoms with Crippen LogP contribution in [0.5, 0.6) is 0 Å². The zero-order chi connectivity index (χ0) is 20.1. The summed E-state index contributed by atoms with van der Waals surface area (Å²) in [5.74, 6) is 0.866. The quantitative estimate of drug-likeness (QED) is 0.493. The van der Waals surface area contributed by atoms with Crippen LogP contribution in [0, 0.1) is 6.92 Å². The first-order valence-corrected chi connectivity index (χ1v) is 9.39. The maximum absolute atomic E-state index is 13.0. The van der Waals surface area contributed by atoms with Crippen molar-refractivity contribution in [1.82, 2.24) is 39.6 Å². The van der Waals surface area contributed by atoms with Gasteiger partial charge in [-0.25, -0.2) is 9.08 Å². The van der Waals surface area contributed by atoms with Crippen molar-refractivity contribution in [2.45, 2.75) is 20.3 Å². The maximum Gasteiger partial charge on any atom is 0.287 e. The van der Waals surface area contributed by atoms with Gasteiger partial charge in [-0.05, 0) is 37.1 Å². The van der Waals surface area contributed by atoms with Gasteiger partial charge in [-0.2, -0.15) is 10.1 Å². The van der Waals surface area contributed by atoms with Gasteiger partial charge in [0.2, 0.25) is 0 Å². The highest BCUT2D eigenvalue weighted by molar-refractivity contribution is 6.30. The number of hydrogen-bond acceptors (Lipinski definition) is 6. The van der Waals surface area contributed by atoms with Gasteiger partial charge in [0.05, 0.1) is 11.3 Å². The second-order valence-electron chi connectivity index (χ2n) is 6.57. The highest BCUT2D eigenvalue weighted by Gasteiger charge is 2.19. The van der Waals surface area contributed by atoms with Crippen LogP contribution in [0.3, 0.4) is 0 Å². The minimum atomic E-state index is -0.367. The molecule has 5 rings (SSSR count). The Morgan fingerprint density at radius 1 is 1.21 bits per heavy atom. The molecule has 0 saturated heterocycles. The van der Waals surface area contributed by atoms with E-state index in [0.29, 0.717) is 28.4 Å². The third-order valence-electron chi connectivity index (χ3n) is 4.70. The predicted octanol–water partition coefficient (Wildman–Crippen LogP) is 2.74. The first-order valence-electron chi connectivity index (χ1n) is 9.02. The Hall–Kier alpha value is -3.59. The normalized spacial score (nSPS) is 11.6. The highest BCUT2D eigenvalue weighted by atomic mass is 35.5. The number of nitrogens with one attached hydrogen (secondary N) is 1. The van der Waals surface area contributed by atoms with E-state index in [0.717, 1.165) is 16.8 Å². The van der Waals surface area contributed by atoms with Crippen LogP contribution in [0.4, 0.5) is 0 Å². The molecule has 0 radical (unpaired) electrons. The van der Waals surface area contributed by atoms with E-state index < -0.39 is 0 Å². The Bertz CT molecular complexity index is 1450. The van der Waals surface area contributed by atoms with Crippen LogP contribution in [-0.2, 0) is 6.42 Å². The van der Waals surface area contributed by atoms with E-state index in [-0.39, 0.29) is 17.0 Å². The topological polar surface area (TPSA) is 107 Å². The first kappa shape index (κ1) is 17.5. The molecule has 29 heavy (non-hydrogen) atoms. The van der Waals surface area contributed by atoms with Crippen LogP contribution < -0.4 is 5.56 Å². The van der Waals surface area contributed by atoms with Crippen molar-refractivity contribution in [2.24, 2.45) is 0 Å². The second-order valence-corrected chi connectivity index (χ2v) is 7.00. The molecule has 0 fully saturated rings. The number of benzene rings is 1. The smallest absolute Gasteiger partial charge is 0.266 e. The summed E-state index contributed by atoms with van der Waals surface area (Å²) < 4.78 is 2.99. The van der Waals surface area contributed by atoms with E-state index in [2.05, 4.69) is 25.4 Å². The van der Waals surface area contributed by atoms with Crippen molar-refractivity contribution in [1.29, 1.82) is 0 Å². The number of halogens is 1. The lowest BCUT2D eigenvalue weighted by Gasteiger charge is -2.04. The fraction of sp³-hybridized carbons (Fsp3) is 0.158. The Balaban J connectivity index is 1.80. The minimum Gasteiger partial charge on any atom is -0.266 e. The Labute approximate surface area is 169 Å². The molecule has 0 atom stereocenters. The SMILES string of the molecule is CCc1nn2c(nnc3c(=O)n(-c4n[nH]c(C)n4)ccc32)c1-c1cccc(Cl)c1. The molecule has 0 aliphatic carbocycles. The van der Waals surface area contributed by atoms with Gasteiger partial charge in [-0.3, -0.25) is 9.89 Å². The fourth-order valence-corrected chi connectivity index (χ4v) is 3.56. The van der Waals surface area contributed by atoms with Gasteiger partial charge >= 0.3 is 0 Å². The van der Waals surface area contributed by atoms with Crippen LogP contribution in [0.15, 0.2) is 41.3 Å². The number of aryl methyl sites for hydroxylation is 2. The summed E-state index contributed by atoms with van der Waals surface area (Å²) in [4.78, 5) is 17.2. The molecule has 4 aromatic heterocycles. The molecule has 0 spiro atoms. The summed E-state index contributed by atoms with van der Waals surface area (Å²) in [6.07, 6.45) is 2.31.